The molecule has 0 aliphatic heterocycles. The van der Waals surface area contributed by atoms with Gasteiger partial charge in [0.1, 0.15) is 17.3 Å². The summed E-state index contributed by atoms with van der Waals surface area (Å²) in [5.74, 6) is 0.224. The van der Waals surface area contributed by atoms with Crippen LogP contribution in [0.5, 0.6) is 5.75 Å². The molecule has 0 saturated carbocycles. The average molecular weight is 339 g/mol. The molecule has 5 heteroatoms. The minimum atomic E-state index is -0.372. The fraction of sp³-hybridized carbons (Fsp3) is 0.150. The predicted molar refractivity (Wildman–Crippen MR) is 91.2 cm³/mol. The third kappa shape index (κ3) is 4.47. The van der Waals surface area contributed by atoms with Gasteiger partial charge in [0, 0.05) is 12.1 Å². The molecule has 0 unspecified atom stereocenters. The average Bonchev–Trinajstić information content (AvgIpc) is 3.09. The molecule has 1 aromatic heterocycles. The molecule has 1 heterocycles. The van der Waals surface area contributed by atoms with Gasteiger partial charge in [0.25, 0.3) is 0 Å². The smallest absolute Gasteiger partial charge is 0.227 e. The van der Waals surface area contributed by atoms with E-state index in [1.165, 1.54) is 12.1 Å². The number of phenolic OH excluding ortho intramolecular Hbond substituents is 1. The molecule has 0 aliphatic rings. The van der Waals surface area contributed by atoms with Crippen molar-refractivity contribution in [3.05, 3.63) is 89.6 Å². The number of amides is 1. The van der Waals surface area contributed by atoms with Crippen LogP contribution in [-0.4, -0.2) is 15.9 Å². The molecule has 128 valence electrons. The van der Waals surface area contributed by atoms with Gasteiger partial charge >= 0.3 is 0 Å². The molecule has 0 radical (unpaired) electrons. The summed E-state index contributed by atoms with van der Waals surface area (Å²) in [6, 6.07) is 16.4. The second-order valence-corrected chi connectivity index (χ2v) is 5.76. The number of rotatable bonds is 6. The van der Waals surface area contributed by atoms with E-state index in [-0.39, 0.29) is 37.0 Å². The molecule has 3 rings (SSSR count). The summed E-state index contributed by atoms with van der Waals surface area (Å²) in [5, 5.41) is 9.98. The number of phenols is 1. The number of hydrogen-bond donors (Lipinski definition) is 1. The van der Waals surface area contributed by atoms with Gasteiger partial charge in [-0.15, -0.1) is 0 Å². The first-order chi connectivity index (χ1) is 12.1. The van der Waals surface area contributed by atoms with Gasteiger partial charge in [0.15, 0.2) is 0 Å². The van der Waals surface area contributed by atoms with Crippen LogP contribution in [0.4, 0.5) is 4.39 Å². The molecule has 2 aromatic carbocycles. The van der Waals surface area contributed by atoms with Gasteiger partial charge in [-0.25, -0.2) is 4.39 Å². The van der Waals surface area contributed by atoms with Gasteiger partial charge < -0.3 is 14.4 Å². The van der Waals surface area contributed by atoms with E-state index in [0.29, 0.717) is 16.9 Å². The fourth-order valence-electron chi connectivity index (χ4n) is 2.61. The Morgan fingerprint density at radius 1 is 1.04 bits per heavy atom. The van der Waals surface area contributed by atoms with E-state index >= 15 is 0 Å². The summed E-state index contributed by atoms with van der Waals surface area (Å²) in [6.07, 6.45) is 1.62. The van der Waals surface area contributed by atoms with E-state index in [0.717, 1.165) is 0 Å². The Kier molecular flexibility index (Phi) is 5.14. The van der Waals surface area contributed by atoms with E-state index < -0.39 is 0 Å². The Morgan fingerprint density at radius 2 is 1.88 bits per heavy atom. The van der Waals surface area contributed by atoms with Gasteiger partial charge in [-0.1, -0.05) is 30.3 Å². The molecule has 0 bridgehead atoms. The molecule has 4 nitrogen and oxygen atoms in total. The minimum absolute atomic E-state index is 0.0755. The first-order valence-corrected chi connectivity index (χ1v) is 7.93. The lowest BCUT2D eigenvalue weighted by Crippen LogP contribution is -2.31. The largest absolute Gasteiger partial charge is 0.508 e. The molecule has 1 N–H and O–H groups in total. The lowest BCUT2D eigenvalue weighted by molar-refractivity contribution is -0.132. The number of furan rings is 1. The second kappa shape index (κ2) is 7.66. The number of para-hydroxylation sites is 1. The van der Waals surface area contributed by atoms with Crippen molar-refractivity contribution in [3.8, 4) is 5.75 Å². The number of aromatic hydroxyl groups is 1. The topological polar surface area (TPSA) is 53.7 Å². The highest BCUT2D eigenvalue weighted by atomic mass is 19.1. The van der Waals surface area contributed by atoms with Crippen LogP contribution in [0, 0.1) is 5.82 Å². The van der Waals surface area contributed by atoms with Crippen LogP contribution in [0.2, 0.25) is 0 Å². The summed E-state index contributed by atoms with van der Waals surface area (Å²) in [4.78, 5) is 14.3. The van der Waals surface area contributed by atoms with Crippen LogP contribution in [0.3, 0.4) is 0 Å². The third-order valence-corrected chi connectivity index (χ3v) is 3.88. The molecule has 0 spiro atoms. The van der Waals surface area contributed by atoms with Crippen LogP contribution >= 0.6 is 0 Å². The number of hydrogen-bond acceptors (Lipinski definition) is 3. The van der Waals surface area contributed by atoms with Gasteiger partial charge in [0.2, 0.25) is 5.91 Å². The first-order valence-electron chi connectivity index (χ1n) is 7.93. The van der Waals surface area contributed by atoms with Crippen molar-refractivity contribution in [2.45, 2.75) is 19.5 Å². The summed E-state index contributed by atoms with van der Waals surface area (Å²) < 4.78 is 18.7. The summed E-state index contributed by atoms with van der Waals surface area (Å²) in [7, 11) is 0. The Hall–Kier alpha value is -3.08. The SMILES string of the molecule is O=C(Cc1cccc(F)c1)N(Cc1ccco1)Cc1ccccc1O. The first kappa shape index (κ1) is 16.8. The number of halogens is 1. The van der Waals surface area contributed by atoms with Crippen molar-refractivity contribution in [3.63, 3.8) is 0 Å². The number of carbonyl (C=O) groups excluding carboxylic acids is 1. The highest BCUT2D eigenvalue weighted by Crippen LogP contribution is 2.20. The number of carbonyl (C=O) groups is 1. The van der Waals surface area contributed by atoms with E-state index in [4.69, 9.17) is 4.42 Å². The number of benzene rings is 2. The van der Waals surface area contributed by atoms with E-state index in [9.17, 15) is 14.3 Å². The highest BCUT2D eigenvalue weighted by molar-refractivity contribution is 5.78. The molecular weight excluding hydrogens is 321 g/mol. The van der Waals surface area contributed by atoms with Gasteiger partial charge in [-0.3, -0.25) is 4.79 Å². The summed E-state index contributed by atoms with van der Waals surface area (Å²) >= 11 is 0. The maximum Gasteiger partial charge on any atom is 0.227 e. The van der Waals surface area contributed by atoms with Gasteiger partial charge in [0.05, 0.1) is 19.2 Å². The normalized spacial score (nSPS) is 10.6. The Labute approximate surface area is 145 Å². The van der Waals surface area contributed by atoms with Crippen LogP contribution < -0.4 is 0 Å². The Balaban J connectivity index is 1.79. The number of nitrogens with zero attached hydrogens (tertiary/aromatic N) is 1. The summed E-state index contributed by atoms with van der Waals surface area (Å²) in [6.45, 7) is 0.511. The van der Waals surface area contributed by atoms with Crippen molar-refractivity contribution in [2.24, 2.45) is 0 Å². The van der Waals surface area contributed by atoms with Crippen LogP contribution in [-0.2, 0) is 24.3 Å². The van der Waals surface area contributed by atoms with Crippen LogP contribution in [0.25, 0.3) is 0 Å². The van der Waals surface area contributed by atoms with E-state index in [1.807, 2.05) is 0 Å². The summed E-state index contributed by atoms with van der Waals surface area (Å²) in [5.41, 5.74) is 1.24. The zero-order chi connectivity index (χ0) is 17.6. The third-order valence-electron chi connectivity index (χ3n) is 3.88. The maximum absolute atomic E-state index is 13.4. The van der Waals surface area contributed by atoms with Gasteiger partial charge in [-0.2, -0.15) is 0 Å². The van der Waals surface area contributed by atoms with E-state index in [1.54, 1.807) is 59.7 Å². The lowest BCUT2D eigenvalue weighted by Gasteiger charge is -2.22. The highest BCUT2D eigenvalue weighted by Gasteiger charge is 2.18. The van der Waals surface area contributed by atoms with Crippen molar-refractivity contribution < 1.29 is 18.7 Å². The zero-order valence-corrected chi connectivity index (χ0v) is 13.6. The molecule has 0 fully saturated rings. The van der Waals surface area contributed by atoms with Crippen molar-refractivity contribution in [1.29, 1.82) is 0 Å². The van der Waals surface area contributed by atoms with Crippen molar-refractivity contribution in [1.82, 2.24) is 4.90 Å². The van der Waals surface area contributed by atoms with Gasteiger partial charge in [-0.05, 0) is 35.9 Å². The van der Waals surface area contributed by atoms with E-state index in [2.05, 4.69) is 0 Å². The minimum Gasteiger partial charge on any atom is -0.508 e. The van der Waals surface area contributed by atoms with Crippen molar-refractivity contribution >= 4 is 5.91 Å². The molecule has 0 aliphatic carbocycles. The monoisotopic (exact) mass is 339 g/mol. The molecule has 1 amide bonds. The quantitative estimate of drug-likeness (QED) is 0.741. The molecule has 0 atom stereocenters. The fourth-order valence-corrected chi connectivity index (χ4v) is 2.61. The molecule has 0 saturated heterocycles. The standard InChI is InChI=1S/C20H18FNO3/c21-17-7-3-5-15(11-17)12-20(24)22(14-18-8-4-10-25-18)13-16-6-1-2-9-19(16)23/h1-11,23H,12-14H2. The molecular formula is C20H18FNO3. The molecule has 3 aromatic rings. The predicted octanol–water partition coefficient (Wildman–Crippen LogP) is 3.90. The zero-order valence-electron chi connectivity index (χ0n) is 13.6. The maximum atomic E-state index is 13.4. The van der Waals surface area contributed by atoms with Crippen LogP contribution in [0.15, 0.2) is 71.3 Å². The van der Waals surface area contributed by atoms with Crippen molar-refractivity contribution in [2.75, 3.05) is 0 Å². The Morgan fingerprint density at radius 3 is 2.60 bits per heavy atom. The molecule has 25 heavy (non-hydrogen) atoms. The van der Waals surface area contributed by atoms with Crippen LogP contribution in [0.1, 0.15) is 16.9 Å². The Bertz CT molecular complexity index is 846. The second-order valence-electron chi connectivity index (χ2n) is 5.76. The lowest BCUT2D eigenvalue weighted by atomic mass is 10.1.